The molecule has 1 aliphatic rings. The van der Waals surface area contributed by atoms with Gasteiger partial charge in [-0.25, -0.2) is 8.42 Å². The zero-order chi connectivity index (χ0) is 19.4. The zero-order valence-electron chi connectivity index (χ0n) is 14.9. The Balaban J connectivity index is 1.72. The molecule has 1 fully saturated rings. The van der Waals surface area contributed by atoms with E-state index >= 15 is 0 Å². The lowest BCUT2D eigenvalue weighted by atomic mass is 9.99. The summed E-state index contributed by atoms with van der Waals surface area (Å²) >= 11 is 0.967. The smallest absolute Gasteiger partial charge is 0.245 e. The summed E-state index contributed by atoms with van der Waals surface area (Å²) in [5, 5.41) is 12.3. The van der Waals surface area contributed by atoms with E-state index in [0.717, 1.165) is 11.7 Å². The molecule has 0 aliphatic carbocycles. The molecule has 0 radical (unpaired) electrons. The Morgan fingerprint density at radius 2 is 2.30 bits per heavy atom. The Labute approximate surface area is 161 Å². The predicted octanol–water partition coefficient (Wildman–Crippen LogP) is 0.215. The number of rotatable bonds is 7. The normalized spacial score (nSPS) is 19.9. The number of aliphatic hydroxyl groups is 1. The summed E-state index contributed by atoms with van der Waals surface area (Å²) in [5.74, 6) is -0.727. The number of aromatic nitrogens is 2. The topological polar surface area (TPSA) is 122 Å². The quantitative estimate of drug-likeness (QED) is 0.664. The largest absolute Gasteiger partial charge is 0.389 e. The fourth-order valence-corrected chi connectivity index (χ4v) is 5.39. The monoisotopic (exact) mass is 414 g/mol. The molecule has 9 nitrogen and oxygen atoms in total. The van der Waals surface area contributed by atoms with E-state index in [0.29, 0.717) is 30.4 Å². The lowest BCUT2D eigenvalue weighted by Gasteiger charge is -2.31. The fraction of sp³-hybridized carbons (Fsp3) is 0.562. The van der Waals surface area contributed by atoms with Gasteiger partial charge in [0.15, 0.2) is 0 Å². The minimum absolute atomic E-state index is 0.0692. The van der Waals surface area contributed by atoms with Crippen LogP contribution in [0.5, 0.6) is 0 Å². The molecule has 0 bridgehead atoms. The number of carbonyl (C=O) groups is 1. The molecule has 0 unspecified atom stereocenters. The molecule has 27 heavy (non-hydrogen) atoms. The lowest BCUT2D eigenvalue weighted by Crippen LogP contribution is -2.46. The van der Waals surface area contributed by atoms with Gasteiger partial charge >= 0.3 is 0 Å². The van der Waals surface area contributed by atoms with Gasteiger partial charge in [-0.2, -0.15) is 13.1 Å². The number of hydrogen-bond acceptors (Lipinski definition) is 8. The number of sulfonamides is 1. The van der Waals surface area contributed by atoms with Crippen molar-refractivity contribution < 1.29 is 23.1 Å². The average molecular weight is 415 g/mol. The van der Waals surface area contributed by atoms with Crippen molar-refractivity contribution >= 4 is 38.7 Å². The number of aliphatic hydroxyl groups excluding tert-OH is 1. The second kappa shape index (κ2) is 8.57. The summed E-state index contributed by atoms with van der Waals surface area (Å²) in [6.45, 7) is 0.645. The molecular formula is C16H22N4O5S2. The highest BCUT2D eigenvalue weighted by molar-refractivity contribution is 7.89. The van der Waals surface area contributed by atoms with E-state index in [1.165, 1.54) is 17.5 Å². The van der Waals surface area contributed by atoms with Crippen LogP contribution in [0.15, 0.2) is 23.1 Å². The number of carbonyl (C=O) groups excluding carboxylic acids is 1. The van der Waals surface area contributed by atoms with Crippen molar-refractivity contribution in [1.29, 1.82) is 0 Å². The van der Waals surface area contributed by atoms with Gasteiger partial charge in [0.05, 0.1) is 30.4 Å². The van der Waals surface area contributed by atoms with Crippen LogP contribution >= 0.6 is 11.7 Å². The van der Waals surface area contributed by atoms with Crippen LogP contribution in [-0.4, -0.2) is 71.9 Å². The maximum atomic E-state index is 13.1. The first-order chi connectivity index (χ1) is 12.9. The second-order valence-corrected chi connectivity index (χ2v) is 8.88. The molecule has 2 heterocycles. The molecule has 2 atom stereocenters. The highest BCUT2D eigenvalue weighted by Gasteiger charge is 2.34. The number of ether oxygens (including phenoxy) is 1. The van der Waals surface area contributed by atoms with Gasteiger partial charge < -0.3 is 15.2 Å². The third-order valence-electron chi connectivity index (χ3n) is 4.49. The van der Waals surface area contributed by atoms with Crippen LogP contribution in [0, 0.1) is 5.92 Å². The standard InChI is InChI=1S/C16H22N4O5S2/c1-25-10-12(21)8-17-16(22)11-4-3-7-20(9-11)27(23,24)14-6-2-5-13-15(14)19-26-18-13/h2,5-6,11-12,21H,3-4,7-10H2,1H3,(H,17,22)/t11-,12-/m1/s1. The van der Waals surface area contributed by atoms with Gasteiger partial charge in [0.1, 0.15) is 15.9 Å². The van der Waals surface area contributed by atoms with Crippen LogP contribution in [0.25, 0.3) is 11.0 Å². The number of methoxy groups -OCH3 is 1. The molecule has 1 aromatic heterocycles. The Kier molecular flexibility index (Phi) is 6.37. The van der Waals surface area contributed by atoms with Gasteiger partial charge in [0.25, 0.3) is 0 Å². The number of nitrogens with one attached hydrogen (secondary N) is 1. The first-order valence-corrected chi connectivity index (χ1v) is 10.8. The molecule has 2 N–H and O–H groups in total. The minimum Gasteiger partial charge on any atom is -0.389 e. The van der Waals surface area contributed by atoms with E-state index in [2.05, 4.69) is 14.1 Å². The van der Waals surface area contributed by atoms with Gasteiger partial charge in [-0.3, -0.25) is 4.79 Å². The number of amides is 1. The molecule has 1 saturated heterocycles. The summed E-state index contributed by atoms with van der Waals surface area (Å²) in [6, 6.07) is 4.88. The summed E-state index contributed by atoms with van der Waals surface area (Å²) in [4.78, 5) is 12.5. The van der Waals surface area contributed by atoms with Gasteiger partial charge in [-0.1, -0.05) is 6.07 Å². The van der Waals surface area contributed by atoms with Crippen LogP contribution in [0.4, 0.5) is 0 Å². The van der Waals surface area contributed by atoms with Crippen LogP contribution in [-0.2, 0) is 19.6 Å². The molecular weight excluding hydrogens is 392 g/mol. The Morgan fingerprint density at radius 1 is 1.48 bits per heavy atom. The molecule has 11 heteroatoms. The Morgan fingerprint density at radius 3 is 3.07 bits per heavy atom. The van der Waals surface area contributed by atoms with E-state index in [1.807, 2.05) is 0 Å². The molecule has 148 valence electrons. The minimum atomic E-state index is -3.78. The second-order valence-electron chi connectivity index (χ2n) is 6.44. The maximum Gasteiger partial charge on any atom is 0.245 e. The van der Waals surface area contributed by atoms with Crippen LogP contribution in [0.3, 0.4) is 0 Å². The van der Waals surface area contributed by atoms with E-state index < -0.39 is 22.0 Å². The Bertz CT molecular complexity index is 901. The first kappa shape index (κ1) is 20.1. The van der Waals surface area contributed by atoms with Crippen molar-refractivity contribution in [2.75, 3.05) is 33.4 Å². The fourth-order valence-electron chi connectivity index (χ4n) is 3.12. The van der Waals surface area contributed by atoms with Crippen molar-refractivity contribution in [3.63, 3.8) is 0 Å². The molecule has 0 spiro atoms. The Hall–Kier alpha value is -1.66. The van der Waals surface area contributed by atoms with Crippen LogP contribution in [0.1, 0.15) is 12.8 Å². The van der Waals surface area contributed by atoms with Gasteiger partial charge in [-0.15, -0.1) is 0 Å². The zero-order valence-corrected chi connectivity index (χ0v) is 16.5. The van der Waals surface area contributed by atoms with Crippen molar-refractivity contribution in [2.45, 2.75) is 23.8 Å². The summed E-state index contributed by atoms with van der Waals surface area (Å²) in [7, 11) is -2.31. The summed E-state index contributed by atoms with van der Waals surface area (Å²) in [5.41, 5.74) is 0.899. The van der Waals surface area contributed by atoms with Crippen LogP contribution < -0.4 is 5.32 Å². The number of hydrogen-bond donors (Lipinski definition) is 2. The van der Waals surface area contributed by atoms with E-state index in [-0.39, 0.29) is 30.5 Å². The SMILES string of the molecule is COC[C@H](O)CNC(=O)[C@@H]1CCCN(S(=O)(=O)c2cccc3nsnc23)C1. The van der Waals surface area contributed by atoms with E-state index in [4.69, 9.17) is 4.74 Å². The average Bonchev–Trinajstić information content (AvgIpc) is 3.15. The highest BCUT2D eigenvalue weighted by Crippen LogP contribution is 2.28. The molecule has 1 aromatic carbocycles. The number of nitrogens with zero attached hydrogens (tertiary/aromatic N) is 3. The van der Waals surface area contributed by atoms with E-state index in [1.54, 1.807) is 12.1 Å². The third kappa shape index (κ3) is 4.43. The third-order valence-corrected chi connectivity index (χ3v) is 6.93. The van der Waals surface area contributed by atoms with Crippen molar-refractivity contribution in [3.8, 4) is 0 Å². The lowest BCUT2D eigenvalue weighted by molar-refractivity contribution is -0.126. The molecule has 2 aromatic rings. The van der Waals surface area contributed by atoms with Crippen LogP contribution in [0.2, 0.25) is 0 Å². The number of benzene rings is 1. The van der Waals surface area contributed by atoms with E-state index in [9.17, 15) is 18.3 Å². The summed E-state index contributed by atoms with van der Waals surface area (Å²) in [6.07, 6.45) is 0.390. The maximum absolute atomic E-state index is 13.1. The highest BCUT2D eigenvalue weighted by atomic mass is 32.2. The first-order valence-electron chi connectivity index (χ1n) is 8.59. The van der Waals surface area contributed by atoms with Crippen molar-refractivity contribution in [1.82, 2.24) is 18.4 Å². The molecule has 1 amide bonds. The van der Waals surface area contributed by atoms with Gasteiger partial charge in [0, 0.05) is 26.7 Å². The molecule has 3 rings (SSSR count). The molecule has 1 aliphatic heterocycles. The molecule has 0 saturated carbocycles. The van der Waals surface area contributed by atoms with Gasteiger partial charge in [-0.05, 0) is 25.0 Å². The van der Waals surface area contributed by atoms with Crippen molar-refractivity contribution in [3.05, 3.63) is 18.2 Å². The number of piperidine rings is 1. The van der Waals surface area contributed by atoms with Gasteiger partial charge in [0.2, 0.25) is 15.9 Å². The number of fused-ring (bicyclic) bond motifs is 1. The van der Waals surface area contributed by atoms with Crippen molar-refractivity contribution in [2.24, 2.45) is 5.92 Å². The summed E-state index contributed by atoms with van der Waals surface area (Å²) < 4.78 is 40.5. The predicted molar refractivity (Wildman–Crippen MR) is 99.8 cm³/mol.